The molecule has 2 aromatic rings. The van der Waals surface area contributed by atoms with Crippen molar-refractivity contribution in [1.82, 2.24) is 5.32 Å². The summed E-state index contributed by atoms with van der Waals surface area (Å²) in [4.78, 5) is 0. The minimum Gasteiger partial charge on any atom is -0.457 e. The molecule has 2 rings (SSSR count). The average molecular weight is 300 g/mol. The van der Waals surface area contributed by atoms with Crippen molar-refractivity contribution in [2.45, 2.75) is 26.3 Å². The number of thiocarbonyl (C=S) groups is 1. The van der Waals surface area contributed by atoms with Gasteiger partial charge in [-0.3, -0.25) is 0 Å². The fourth-order valence-electron chi connectivity index (χ4n) is 1.72. The van der Waals surface area contributed by atoms with Gasteiger partial charge in [-0.05, 0) is 62.0 Å². The lowest BCUT2D eigenvalue weighted by Crippen LogP contribution is -2.35. The summed E-state index contributed by atoms with van der Waals surface area (Å²) in [7, 11) is 0. The number of rotatable bonds is 5. The van der Waals surface area contributed by atoms with Gasteiger partial charge < -0.3 is 15.4 Å². The first-order valence-corrected chi connectivity index (χ1v) is 7.48. The summed E-state index contributed by atoms with van der Waals surface area (Å²) in [5, 5.41) is 7.02. The number of hydrogen-bond donors (Lipinski definition) is 2. The Hall–Kier alpha value is -2.07. The standard InChI is InChI=1S/C17H20N2OS/c1-3-13(2)18-17(21)19-14-9-11-16(12-10-14)20-15-7-5-4-6-8-15/h4-13H,3H2,1-2H3,(H2,18,19,21). The van der Waals surface area contributed by atoms with Crippen LogP contribution >= 0.6 is 12.2 Å². The summed E-state index contributed by atoms with van der Waals surface area (Å²) in [6.07, 6.45) is 1.03. The molecule has 0 heterocycles. The van der Waals surface area contributed by atoms with E-state index < -0.39 is 0 Å². The van der Waals surface area contributed by atoms with Gasteiger partial charge in [0, 0.05) is 11.7 Å². The number of anilines is 1. The van der Waals surface area contributed by atoms with Crippen LogP contribution in [0, 0.1) is 0 Å². The molecule has 0 radical (unpaired) electrons. The van der Waals surface area contributed by atoms with Crippen LogP contribution in [0.3, 0.4) is 0 Å². The van der Waals surface area contributed by atoms with Gasteiger partial charge in [0.25, 0.3) is 0 Å². The van der Waals surface area contributed by atoms with E-state index >= 15 is 0 Å². The zero-order valence-corrected chi connectivity index (χ0v) is 13.1. The van der Waals surface area contributed by atoms with Gasteiger partial charge in [-0.2, -0.15) is 0 Å². The normalized spacial score (nSPS) is 11.5. The minimum atomic E-state index is 0.366. The molecule has 0 aliphatic rings. The summed E-state index contributed by atoms with van der Waals surface area (Å²) in [6, 6.07) is 17.8. The van der Waals surface area contributed by atoms with Crippen molar-refractivity contribution in [3.05, 3.63) is 54.6 Å². The van der Waals surface area contributed by atoms with Gasteiger partial charge in [0.15, 0.2) is 5.11 Å². The van der Waals surface area contributed by atoms with Crippen LogP contribution in [0.25, 0.3) is 0 Å². The molecular formula is C17H20N2OS. The highest BCUT2D eigenvalue weighted by atomic mass is 32.1. The predicted molar refractivity (Wildman–Crippen MR) is 92.1 cm³/mol. The van der Waals surface area contributed by atoms with E-state index in [0.29, 0.717) is 11.2 Å². The van der Waals surface area contributed by atoms with Crippen LogP contribution in [0.1, 0.15) is 20.3 Å². The number of nitrogens with one attached hydrogen (secondary N) is 2. The smallest absolute Gasteiger partial charge is 0.170 e. The molecule has 0 spiro atoms. The second-order valence-electron chi connectivity index (χ2n) is 4.85. The first-order chi connectivity index (χ1) is 10.2. The second-order valence-corrected chi connectivity index (χ2v) is 5.26. The maximum atomic E-state index is 5.74. The van der Waals surface area contributed by atoms with E-state index in [9.17, 15) is 0 Å². The van der Waals surface area contributed by atoms with Crippen molar-refractivity contribution in [3.8, 4) is 11.5 Å². The average Bonchev–Trinajstić information content (AvgIpc) is 2.50. The lowest BCUT2D eigenvalue weighted by molar-refractivity contribution is 0.483. The Morgan fingerprint density at radius 1 is 1.05 bits per heavy atom. The molecule has 2 N–H and O–H groups in total. The Morgan fingerprint density at radius 3 is 2.29 bits per heavy atom. The fourth-order valence-corrected chi connectivity index (χ4v) is 2.04. The van der Waals surface area contributed by atoms with Crippen LogP contribution < -0.4 is 15.4 Å². The Balaban J connectivity index is 1.91. The van der Waals surface area contributed by atoms with E-state index in [4.69, 9.17) is 17.0 Å². The predicted octanol–water partition coefficient (Wildman–Crippen LogP) is 4.56. The van der Waals surface area contributed by atoms with Crippen molar-refractivity contribution in [2.75, 3.05) is 5.32 Å². The Morgan fingerprint density at radius 2 is 1.67 bits per heavy atom. The third kappa shape index (κ3) is 5.08. The van der Waals surface area contributed by atoms with Gasteiger partial charge in [-0.25, -0.2) is 0 Å². The molecule has 21 heavy (non-hydrogen) atoms. The number of hydrogen-bond acceptors (Lipinski definition) is 2. The molecule has 4 heteroatoms. The molecular weight excluding hydrogens is 280 g/mol. The molecule has 0 saturated carbocycles. The minimum absolute atomic E-state index is 0.366. The van der Waals surface area contributed by atoms with Crippen molar-refractivity contribution < 1.29 is 4.74 Å². The molecule has 110 valence electrons. The third-order valence-corrected chi connectivity index (χ3v) is 3.30. The van der Waals surface area contributed by atoms with E-state index in [1.807, 2.05) is 54.6 Å². The van der Waals surface area contributed by atoms with Crippen LogP contribution in [-0.4, -0.2) is 11.2 Å². The van der Waals surface area contributed by atoms with Crippen LogP contribution in [0.15, 0.2) is 54.6 Å². The Bertz CT molecular complexity index is 569. The topological polar surface area (TPSA) is 33.3 Å². The molecule has 0 saturated heterocycles. The maximum absolute atomic E-state index is 5.74. The van der Waals surface area contributed by atoms with E-state index in [-0.39, 0.29) is 0 Å². The molecule has 0 aliphatic carbocycles. The van der Waals surface area contributed by atoms with Crippen molar-refractivity contribution in [1.29, 1.82) is 0 Å². The van der Waals surface area contributed by atoms with Crippen molar-refractivity contribution in [3.63, 3.8) is 0 Å². The summed E-state index contributed by atoms with van der Waals surface area (Å²) in [5.74, 6) is 1.62. The van der Waals surface area contributed by atoms with Gasteiger partial charge in [-0.15, -0.1) is 0 Å². The zero-order chi connectivity index (χ0) is 15.1. The highest BCUT2D eigenvalue weighted by Gasteiger charge is 2.02. The van der Waals surface area contributed by atoms with E-state index in [0.717, 1.165) is 23.6 Å². The van der Waals surface area contributed by atoms with Gasteiger partial charge in [-0.1, -0.05) is 25.1 Å². The summed E-state index contributed by atoms with van der Waals surface area (Å²) < 4.78 is 5.74. The molecule has 0 aliphatic heterocycles. The quantitative estimate of drug-likeness (QED) is 0.793. The largest absolute Gasteiger partial charge is 0.457 e. The zero-order valence-electron chi connectivity index (χ0n) is 12.3. The lowest BCUT2D eigenvalue weighted by Gasteiger charge is -2.15. The highest BCUT2D eigenvalue weighted by molar-refractivity contribution is 7.80. The van der Waals surface area contributed by atoms with Crippen LogP contribution in [-0.2, 0) is 0 Å². The number of ether oxygens (including phenoxy) is 1. The molecule has 1 atom stereocenters. The molecule has 0 amide bonds. The van der Waals surface area contributed by atoms with Crippen LogP contribution in [0.5, 0.6) is 11.5 Å². The first kappa shape index (κ1) is 15.3. The van der Waals surface area contributed by atoms with Gasteiger partial charge in [0.05, 0.1) is 0 Å². The lowest BCUT2D eigenvalue weighted by atomic mass is 10.3. The van der Waals surface area contributed by atoms with Crippen molar-refractivity contribution >= 4 is 23.0 Å². The van der Waals surface area contributed by atoms with Gasteiger partial charge in [0.1, 0.15) is 11.5 Å². The van der Waals surface area contributed by atoms with Gasteiger partial charge in [0.2, 0.25) is 0 Å². The van der Waals surface area contributed by atoms with Crippen molar-refractivity contribution in [2.24, 2.45) is 0 Å². The number of para-hydroxylation sites is 1. The number of benzene rings is 2. The third-order valence-electron chi connectivity index (χ3n) is 3.08. The summed E-state index contributed by atoms with van der Waals surface area (Å²) >= 11 is 5.26. The van der Waals surface area contributed by atoms with E-state index in [1.54, 1.807) is 0 Å². The molecule has 1 unspecified atom stereocenters. The highest BCUT2D eigenvalue weighted by Crippen LogP contribution is 2.22. The summed E-state index contributed by atoms with van der Waals surface area (Å²) in [5.41, 5.74) is 0.941. The second kappa shape index (κ2) is 7.64. The Kier molecular flexibility index (Phi) is 5.58. The van der Waals surface area contributed by atoms with Crippen LogP contribution in [0.4, 0.5) is 5.69 Å². The first-order valence-electron chi connectivity index (χ1n) is 7.08. The molecule has 3 nitrogen and oxygen atoms in total. The summed E-state index contributed by atoms with van der Waals surface area (Å²) in [6.45, 7) is 4.22. The maximum Gasteiger partial charge on any atom is 0.170 e. The van der Waals surface area contributed by atoms with Gasteiger partial charge >= 0.3 is 0 Å². The van der Waals surface area contributed by atoms with Crippen LogP contribution in [0.2, 0.25) is 0 Å². The molecule has 0 bridgehead atoms. The monoisotopic (exact) mass is 300 g/mol. The molecule has 0 fully saturated rings. The fraction of sp³-hybridized carbons (Fsp3) is 0.235. The van der Waals surface area contributed by atoms with E-state index in [2.05, 4.69) is 24.5 Å². The molecule has 2 aromatic carbocycles. The van der Waals surface area contributed by atoms with E-state index in [1.165, 1.54) is 0 Å². The molecule has 0 aromatic heterocycles. The Labute approximate surface area is 131 Å². The SMILES string of the molecule is CCC(C)NC(=S)Nc1ccc(Oc2ccccc2)cc1.